The normalized spacial score (nSPS) is 20.5. The molecule has 1 aliphatic rings. The Balaban J connectivity index is 1.88. The Kier molecular flexibility index (Phi) is 3.85. The molecular weight excluding hydrogens is 269 g/mol. The average molecular weight is 291 g/mol. The van der Waals surface area contributed by atoms with Crippen molar-refractivity contribution in [3.8, 4) is 0 Å². The SMILES string of the molecule is CC(C)N1CCCC(Cn2c(=O)[nH]c3cccc(F)c32)C1. The van der Waals surface area contributed by atoms with Crippen LogP contribution in [0.5, 0.6) is 0 Å². The van der Waals surface area contributed by atoms with Gasteiger partial charge in [0.1, 0.15) is 11.3 Å². The van der Waals surface area contributed by atoms with E-state index in [4.69, 9.17) is 0 Å². The lowest BCUT2D eigenvalue weighted by Crippen LogP contribution is -2.41. The van der Waals surface area contributed by atoms with Crippen molar-refractivity contribution in [2.24, 2.45) is 5.92 Å². The zero-order chi connectivity index (χ0) is 15.0. The van der Waals surface area contributed by atoms with Crippen molar-refractivity contribution in [3.63, 3.8) is 0 Å². The summed E-state index contributed by atoms with van der Waals surface area (Å²) in [6.45, 7) is 7.07. The molecule has 0 radical (unpaired) electrons. The largest absolute Gasteiger partial charge is 0.326 e. The number of likely N-dealkylation sites (tertiary alicyclic amines) is 1. The molecule has 1 unspecified atom stereocenters. The number of fused-ring (bicyclic) bond motifs is 1. The predicted molar refractivity (Wildman–Crippen MR) is 81.9 cm³/mol. The Bertz CT molecular complexity index is 688. The van der Waals surface area contributed by atoms with Crippen molar-refractivity contribution in [2.45, 2.75) is 39.3 Å². The molecule has 2 aromatic rings. The Labute approximate surface area is 123 Å². The molecule has 1 atom stereocenters. The molecule has 21 heavy (non-hydrogen) atoms. The van der Waals surface area contributed by atoms with Gasteiger partial charge >= 0.3 is 5.69 Å². The Morgan fingerprint density at radius 2 is 2.24 bits per heavy atom. The molecule has 2 heterocycles. The van der Waals surface area contributed by atoms with Crippen LogP contribution in [0.4, 0.5) is 4.39 Å². The van der Waals surface area contributed by atoms with Crippen molar-refractivity contribution in [1.29, 1.82) is 0 Å². The van der Waals surface area contributed by atoms with E-state index in [1.54, 1.807) is 16.7 Å². The first-order valence-corrected chi connectivity index (χ1v) is 7.67. The third-order valence-electron chi connectivity index (χ3n) is 4.46. The van der Waals surface area contributed by atoms with Gasteiger partial charge in [0, 0.05) is 19.1 Å². The van der Waals surface area contributed by atoms with E-state index in [9.17, 15) is 9.18 Å². The summed E-state index contributed by atoms with van der Waals surface area (Å²) in [5, 5.41) is 0. The number of imidazole rings is 1. The summed E-state index contributed by atoms with van der Waals surface area (Å²) in [5.74, 6) is 0.0693. The van der Waals surface area contributed by atoms with Gasteiger partial charge < -0.3 is 9.88 Å². The maximum absolute atomic E-state index is 14.0. The molecule has 1 aromatic carbocycles. The number of aromatic amines is 1. The number of aromatic nitrogens is 2. The van der Waals surface area contributed by atoms with Gasteiger partial charge in [-0.25, -0.2) is 9.18 Å². The highest BCUT2D eigenvalue weighted by Crippen LogP contribution is 2.22. The minimum Gasteiger partial charge on any atom is -0.305 e. The van der Waals surface area contributed by atoms with Crippen molar-refractivity contribution in [2.75, 3.05) is 13.1 Å². The maximum atomic E-state index is 14.0. The fourth-order valence-corrected chi connectivity index (χ4v) is 3.32. The summed E-state index contributed by atoms with van der Waals surface area (Å²) < 4.78 is 15.6. The molecule has 1 N–H and O–H groups in total. The third kappa shape index (κ3) is 2.75. The molecule has 1 saturated heterocycles. The predicted octanol–water partition coefficient (Wildman–Crippen LogP) is 2.59. The number of rotatable bonds is 3. The minimum absolute atomic E-state index is 0.211. The topological polar surface area (TPSA) is 41.0 Å². The molecular formula is C16H22FN3O. The van der Waals surface area contributed by atoms with Gasteiger partial charge in [0.05, 0.1) is 5.52 Å². The molecule has 0 aliphatic carbocycles. The Morgan fingerprint density at radius 3 is 3.00 bits per heavy atom. The second kappa shape index (κ2) is 5.64. The van der Waals surface area contributed by atoms with E-state index in [0.29, 0.717) is 29.5 Å². The molecule has 1 fully saturated rings. The number of halogens is 1. The molecule has 0 bridgehead atoms. The first-order valence-electron chi connectivity index (χ1n) is 7.67. The molecule has 1 aliphatic heterocycles. The summed E-state index contributed by atoms with van der Waals surface area (Å²) in [6, 6.07) is 5.30. The number of H-pyrrole nitrogens is 1. The lowest BCUT2D eigenvalue weighted by Gasteiger charge is -2.35. The average Bonchev–Trinajstić information content (AvgIpc) is 2.77. The molecule has 4 nitrogen and oxygen atoms in total. The van der Waals surface area contributed by atoms with Gasteiger partial charge in [-0.05, 0) is 51.3 Å². The van der Waals surface area contributed by atoms with Crippen LogP contribution in [-0.4, -0.2) is 33.6 Å². The molecule has 0 amide bonds. The standard InChI is InChI=1S/C16H22FN3O/c1-11(2)19-8-4-5-12(9-19)10-20-15-13(17)6-3-7-14(15)18-16(20)21/h3,6-7,11-12H,4-5,8-10H2,1-2H3,(H,18,21). The first-order chi connectivity index (χ1) is 10.1. The number of benzene rings is 1. The van der Waals surface area contributed by atoms with Gasteiger partial charge in [0.2, 0.25) is 0 Å². The zero-order valence-electron chi connectivity index (χ0n) is 12.6. The van der Waals surface area contributed by atoms with Crippen LogP contribution in [0.25, 0.3) is 11.0 Å². The van der Waals surface area contributed by atoms with Crippen LogP contribution < -0.4 is 5.69 Å². The van der Waals surface area contributed by atoms with Gasteiger partial charge in [-0.3, -0.25) is 4.57 Å². The van der Waals surface area contributed by atoms with Gasteiger partial charge in [0.15, 0.2) is 0 Å². The molecule has 114 valence electrons. The van der Waals surface area contributed by atoms with Crippen LogP contribution in [0.3, 0.4) is 0 Å². The lowest BCUT2D eigenvalue weighted by atomic mass is 9.97. The van der Waals surface area contributed by atoms with E-state index < -0.39 is 0 Å². The van der Waals surface area contributed by atoms with Crippen LogP contribution >= 0.6 is 0 Å². The fraction of sp³-hybridized carbons (Fsp3) is 0.562. The van der Waals surface area contributed by atoms with Gasteiger partial charge in [0.25, 0.3) is 0 Å². The van der Waals surface area contributed by atoms with E-state index in [-0.39, 0.29) is 11.5 Å². The first kappa shape index (κ1) is 14.3. The summed E-state index contributed by atoms with van der Waals surface area (Å²) in [4.78, 5) is 17.3. The van der Waals surface area contributed by atoms with E-state index in [2.05, 4.69) is 23.7 Å². The van der Waals surface area contributed by atoms with Crippen molar-refractivity contribution >= 4 is 11.0 Å². The summed E-state index contributed by atoms with van der Waals surface area (Å²) >= 11 is 0. The second-order valence-electron chi connectivity index (χ2n) is 6.27. The Hall–Kier alpha value is -1.62. The molecule has 5 heteroatoms. The van der Waals surface area contributed by atoms with Gasteiger partial charge in [-0.15, -0.1) is 0 Å². The highest BCUT2D eigenvalue weighted by Gasteiger charge is 2.23. The van der Waals surface area contributed by atoms with Crippen LogP contribution in [0.2, 0.25) is 0 Å². The van der Waals surface area contributed by atoms with E-state index in [1.807, 2.05) is 0 Å². The number of nitrogens with zero attached hydrogens (tertiary/aromatic N) is 2. The van der Waals surface area contributed by atoms with Crippen molar-refractivity contribution in [1.82, 2.24) is 14.5 Å². The Morgan fingerprint density at radius 1 is 1.43 bits per heavy atom. The number of hydrogen-bond donors (Lipinski definition) is 1. The quantitative estimate of drug-likeness (QED) is 0.944. The number of piperidine rings is 1. The number of nitrogens with one attached hydrogen (secondary N) is 1. The van der Waals surface area contributed by atoms with Crippen LogP contribution in [0, 0.1) is 11.7 Å². The monoisotopic (exact) mass is 291 g/mol. The zero-order valence-corrected chi connectivity index (χ0v) is 12.6. The smallest absolute Gasteiger partial charge is 0.305 e. The number of hydrogen-bond acceptors (Lipinski definition) is 2. The summed E-state index contributed by atoms with van der Waals surface area (Å²) in [7, 11) is 0. The van der Waals surface area contributed by atoms with Gasteiger partial charge in [-0.1, -0.05) is 6.07 Å². The lowest BCUT2D eigenvalue weighted by molar-refractivity contribution is 0.131. The van der Waals surface area contributed by atoms with E-state index in [1.165, 1.54) is 6.07 Å². The molecule has 3 rings (SSSR count). The highest BCUT2D eigenvalue weighted by molar-refractivity contribution is 5.75. The van der Waals surface area contributed by atoms with Gasteiger partial charge in [-0.2, -0.15) is 0 Å². The molecule has 1 aromatic heterocycles. The van der Waals surface area contributed by atoms with Crippen molar-refractivity contribution in [3.05, 3.63) is 34.5 Å². The molecule has 0 saturated carbocycles. The summed E-state index contributed by atoms with van der Waals surface area (Å²) in [6.07, 6.45) is 2.24. The highest BCUT2D eigenvalue weighted by atomic mass is 19.1. The van der Waals surface area contributed by atoms with Crippen LogP contribution in [0.15, 0.2) is 23.0 Å². The van der Waals surface area contributed by atoms with Crippen LogP contribution in [-0.2, 0) is 6.54 Å². The van der Waals surface area contributed by atoms with Crippen molar-refractivity contribution < 1.29 is 4.39 Å². The third-order valence-corrected chi connectivity index (χ3v) is 4.46. The number of para-hydroxylation sites is 1. The van der Waals surface area contributed by atoms with E-state index >= 15 is 0 Å². The maximum Gasteiger partial charge on any atom is 0.326 e. The van der Waals surface area contributed by atoms with E-state index in [0.717, 1.165) is 25.9 Å². The molecule has 0 spiro atoms. The fourth-order valence-electron chi connectivity index (χ4n) is 3.32. The minimum atomic E-state index is -0.331. The van der Waals surface area contributed by atoms with Crippen LogP contribution in [0.1, 0.15) is 26.7 Å². The summed E-state index contributed by atoms with van der Waals surface area (Å²) in [5.41, 5.74) is 0.775. The second-order valence-corrected chi connectivity index (χ2v) is 6.27.